The van der Waals surface area contributed by atoms with Gasteiger partial charge in [0.15, 0.2) is 0 Å². The fraction of sp³-hybridized carbons (Fsp3) is 0.625. The fourth-order valence-electron chi connectivity index (χ4n) is 4.22. The van der Waals surface area contributed by atoms with Crippen LogP contribution in [0.3, 0.4) is 0 Å². The molecule has 0 saturated carbocycles. The Morgan fingerprint density at radius 1 is 0.611 bits per heavy atom. The lowest BCUT2D eigenvalue weighted by Gasteiger charge is -2.35. The van der Waals surface area contributed by atoms with Gasteiger partial charge in [0, 0.05) is 16.7 Å². The Labute approximate surface area is 226 Å². The number of thiol groups is 3. The van der Waals surface area contributed by atoms with Crippen molar-refractivity contribution in [3.63, 3.8) is 0 Å². The molecule has 0 bridgehead atoms. The number of ether oxygens (including phenoxy) is 3. The number of hydrogen-bond donors (Lipinski definition) is 3. The second-order valence-corrected chi connectivity index (χ2v) is 12.3. The molecule has 0 amide bonds. The molecule has 12 heteroatoms. The van der Waals surface area contributed by atoms with E-state index in [-0.39, 0.29) is 15.7 Å². The van der Waals surface area contributed by atoms with Gasteiger partial charge in [-0.05, 0) is 54.3 Å². The average Bonchev–Trinajstić information content (AvgIpc) is 2.74. The van der Waals surface area contributed by atoms with Crippen LogP contribution in [0.15, 0.2) is 49.9 Å². The third-order valence-electron chi connectivity index (χ3n) is 6.49. The summed E-state index contributed by atoms with van der Waals surface area (Å²) in [6.45, 7) is 5.91. The summed E-state index contributed by atoms with van der Waals surface area (Å²) in [4.78, 5) is 40.9. The van der Waals surface area contributed by atoms with Gasteiger partial charge >= 0.3 is 17.1 Å². The zero-order valence-electron chi connectivity index (χ0n) is 20.6. The summed E-state index contributed by atoms with van der Waals surface area (Å²) < 4.78 is 19.7. The predicted molar refractivity (Wildman–Crippen MR) is 147 cm³/mol. The topological polar surface area (TPSA) is 93.7 Å². The predicted octanol–water partition coefficient (Wildman–Crippen LogP) is 3.71. The average molecular weight is 556 g/mol. The monoisotopic (exact) mass is 555 g/mol. The van der Waals surface area contributed by atoms with Crippen LogP contribution in [0.2, 0.25) is 0 Å². The highest BCUT2D eigenvalue weighted by Gasteiger charge is 2.38. The van der Waals surface area contributed by atoms with E-state index in [1.807, 2.05) is 20.8 Å². The lowest BCUT2D eigenvalue weighted by molar-refractivity contribution is 0.00428. The molecule has 4 heterocycles. The van der Waals surface area contributed by atoms with Gasteiger partial charge in [-0.15, -0.1) is 0 Å². The zero-order chi connectivity index (χ0) is 26.1. The van der Waals surface area contributed by atoms with E-state index < -0.39 is 35.8 Å². The van der Waals surface area contributed by atoms with E-state index >= 15 is 0 Å². The van der Waals surface area contributed by atoms with E-state index in [1.165, 1.54) is 0 Å². The molecular weight excluding hydrogens is 522 g/mol. The third-order valence-corrected chi connectivity index (χ3v) is 7.26. The van der Waals surface area contributed by atoms with Gasteiger partial charge in [0.25, 0.3) is 0 Å². The van der Waals surface area contributed by atoms with Crippen molar-refractivity contribution in [1.29, 1.82) is 0 Å². The molecule has 0 radical (unpaired) electrons. The smallest absolute Gasteiger partial charge is 0.342 e. The number of aromatic nitrogens is 3. The Morgan fingerprint density at radius 3 is 1.03 bits per heavy atom. The highest BCUT2D eigenvalue weighted by molar-refractivity contribution is 7.81. The third kappa shape index (κ3) is 5.35. The van der Waals surface area contributed by atoms with E-state index in [0.29, 0.717) is 19.3 Å². The van der Waals surface area contributed by atoms with Gasteiger partial charge in [-0.25, -0.2) is 28.1 Å². The second kappa shape index (κ2) is 11.2. The van der Waals surface area contributed by atoms with Crippen LogP contribution in [-0.2, 0) is 14.2 Å². The summed E-state index contributed by atoms with van der Waals surface area (Å²) in [5, 5.41) is 0.431. The molecule has 3 aliphatic heterocycles. The molecule has 198 valence electrons. The largest absolute Gasteiger partial charge is 0.473 e. The van der Waals surface area contributed by atoms with Crippen LogP contribution >= 0.6 is 37.9 Å². The Morgan fingerprint density at radius 2 is 0.861 bits per heavy atom. The van der Waals surface area contributed by atoms with Crippen molar-refractivity contribution in [1.82, 2.24) is 13.7 Å². The number of hydrogen-bond acceptors (Lipinski definition) is 9. The van der Waals surface area contributed by atoms with Gasteiger partial charge in [0.05, 0.1) is 18.8 Å². The summed E-state index contributed by atoms with van der Waals surface area (Å²) in [7, 11) is 0. The lowest BCUT2D eigenvalue weighted by Crippen LogP contribution is -2.59. The Hall–Kier alpha value is -1.92. The highest BCUT2D eigenvalue weighted by Crippen LogP contribution is 2.35. The molecule has 0 N–H and O–H groups in total. The maximum atomic E-state index is 13.6. The highest BCUT2D eigenvalue weighted by atomic mass is 32.1. The van der Waals surface area contributed by atoms with Crippen LogP contribution < -0.4 is 17.1 Å². The van der Waals surface area contributed by atoms with Crippen molar-refractivity contribution >= 4 is 37.9 Å². The molecule has 6 atom stereocenters. The van der Waals surface area contributed by atoms with Gasteiger partial charge in [0.1, 0.15) is 0 Å². The van der Waals surface area contributed by atoms with Crippen molar-refractivity contribution in [2.75, 3.05) is 0 Å². The van der Waals surface area contributed by atoms with Gasteiger partial charge in [-0.3, -0.25) is 0 Å². The van der Waals surface area contributed by atoms with Crippen LogP contribution in [0.1, 0.15) is 78.0 Å². The first-order chi connectivity index (χ1) is 17.1. The molecule has 0 spiro atoms. The number of nitrogens with zero attached hydrogens (tertiary/aromatic N) is 3. The molecule has 0 aromatic carbocycles. The SMILES string of the molecule is CC(S)CCC1=COC1n1c(=O)n(C2OC=C2CCC(C)S)c(=O)n(C2OC=C2CCC(C)S)c1=O. The second-order valence-electron chi connectivity index (χ2n) is 9.66. The molecular formula is C24H33N3O6S3. The first-order valence-electron chi connectivity index (χ1n) is 12.2. The lowest BCUT2D eigenvalue weighted by atomic mass is 10.1. The summed E-state index contributed by atoms with van der Waals surface area (Å²) in [6, 6.07) is 0. The van der Waals surface area contributed by atoms with Crippen molar-refractivity contribution in [3.05, 3.63) is 67.0 Å². The van der Waals surface area contributed by atoms with E-state index in [0.717, 1.165) is 49.7 Å². The quantitative estimate of drug-likeness (QED) is 0.341. The molecule has 4 rings (SSSR count). The molecule has 9 nitrogen and oxygen atoms in total. The van der Waals surface area contributed by atoms with Crippen molar-refractivity contribution in [3.8, 4) is 0 Å². The van der Waals surface area contributed by atoms with Crippen LogP contribution in [0, 0.1) is 0 Å². The van der Waals surface area contributed by atoms with Gasteiger partial charge in [-0.2, -0.15) is 37.9 Å². The molecule has 1 aromatic heterocycles. The molecule has 6 unspecified atom stereocenters. The van der Waals surface area contributed by atoms with Gasteiger partial charge < -0.3 is 14.2 Å². The minimum absolute atomic E-state index is 0.144. The van der Waals surface area contributed by atoms with E-state index in [4.69, 9.17) is 14.2 Å². The van der Waals surface area contributed by atoms with Crippen molar-refractivity contribution in [2.45, 2.75) is 93.7 Å². The first-order valence-corrected chi connectivity index (χ1v) is 13.7. The zero-order valence-corrected chi connectivity index (χ0v) is 23.3. The van der Waals surface area contributed by atoms with Crippen LogP contribution in [0.4, 0.5) is 0 Å². The van der Waals surface area contributed by atoms with Crippen LogP contribution in [0.25, 0.3) is 0 Å². The molecule has 36 heavy (non-hydrogen) atoms. The van der Waals surface area contributed by atoms with E-state index in [2.05, 4.69) is 37.9 Å². The van der Waals surface area contributed by atoms with Crippen LogP contribution in [-0.4, -0.2) is 29.5 Å². The molecule has 0 saturated heterocycles. The normalized spacial score (nSPS) is 24.8. The minimum Gasteiger partial charge on any atom is -0.473 e. The Kier molecular flexibility index (Phi) is 8.45. The van der Waals surface area contributed by atoms with E-state index in [9.17, 15) is 14.4 Å². The minimum atomic E-state index is -0.898. The van der Waals surface area contributed by atoms with Gasteiger partial charge in [-0.1, -0.05) is 20.8 Å². The fourth-order valence-corrected chi connectivity index (χ4v) is 4.61. The summed E-state index contributed by atoms with van der Waals surface area (Å²) in [5.41, 5.74) is 0.0260. The maximum absolute atomic E-state index is 13.6. The summed E-state index contributed by atoms with van der Waals surface area (Å²) >= 11 is 13.3. The van der Waals surface area contributed by atoms with Crippen molar-refractivity contribution in [2.24, 2.45) is 0 Å². The Balaban J connectivity index is 1.76. The first kappa shape index (κ1) is 27.1. The molecule has 3 aliphatic rings. The van der Waals surface area contributed by atoms with Crippen molar-refractivity contribution < 1.29 is 14.2 Å². The van der Waals surface area contributed by atoms with Crippen LogP contribution in [0.5, 0.6) is 0 Å². The summed E-state index contributed by atoms with van der Waals surface area (Å²) in [6.07, 6.45) is 6.01. The summed E-state index contributed by atoms with van der Waals surface area (Å²) in [5.74, 6) is 0. The molecule has 1 aromatic rings. The Bertz CT molecular complexity index is 1070. The maximum Gasteiger partial charge on any atom is 0.342 e. The number of rotatable bonds is 12. The molecule has 0 aliphatic carbocycles. The standard InChI is InChI=1S/C24H33N3O6S3/c1-13(34)4-7-16-10-31-19(16)25-22(28)26(20-17(11-32-20)8-5-14(2)35)24(30)27(23(25)29)21-18(12-33-21)9-6-15(3)36/h10-15,19-21,34-36H,4-9H2,1-3H3. The van der Waals surface area contributed by atoms with E-state index in [1.54, 1.807) is 18.8 Å². The molecule has 0 fully saturated rings. The van der Waals surface area contributed by atoms with Gasteiger partial charge in [0.2, 0.25) is 18.7 Å².